The van der Waals surface area contributed by atoms with Gasteiger partial charge in [0.15, 0.2) is 0 Å². The largest absolute Gasteiger partial charge is 0.507 e. The van der Waals surface area contributed by atoms with E-state index >= 15 is 0 Å². The Morgan fingerprint density at radius 1 is 0.781 bits per heavy atom. The molecule has 32 heavy (non-hydrogen) atoms. The number of benzene rings is 3. The molecule has 4 aromatic rings. The lowest BCUT2D eigenvalue weighted by Crippen LogP contribution is -2.07. The van der Waals surface area contributed by atoms with Crippen LogP contribution in [0.15, 0.2) is 84.9 Å². The van der Waals surface area contributed by atoms with Crippen LogP contribution in [0.2, 0.25) is 0 Å². The summed E-state index contributed by atoms with van der Waals surface area (Å²) in [7, 11) is 0. The number of phenolic OH excluding ortho intramolecular Hbond substituents is 1. The van der Waals surface area contributed by atoms with Crippen molar-refractivity contribution in [1.82, 2.24) is 9.97 Å². The highest BCUT2D eigenvalue weighted by Crippen LogP contribution is 2.32. The first kappa shape index (κ1) is 20.5. The molecule has 8 heteroatoms. The first-order valence-corrected chi connectivity index (χ1v) is 9.77. The molecule has 158 valence electrons. The van der Waals surface area contributed by atoms with Crippen molar-refractivity contribution in [2.75, 3.05) is 10.6 Å². The van der Waals surface area contributed by atoms with E-state index in [9.17, 15) is 15.2 Å². The maximum atomic E-state index is 12.0. The van der Waals surface area contributed by atoms with Crippen LogP contribution in [0, 0.1) is 10.1 Å². The Kier molecular flexibility index (Phi) is 6.03. The van der Waals surface area contributed by atoms with Crippen LogP contribution < -0.4 is 10.6 Å². The molecule has 0 bridgehead atoms. The number of nitro groups is 1. The molecule has 0 amide bonds. The van der Waals surface area contributed by atoms with E-state index in [4.69, 9.17) is 0 Å². The van der Waals surface area contributed by atoms with Gasteiger partial charge < -0.3 is 15.7 Å². The van der Waals surface area contributed by atoms with E-state index in [2.05, 4.69) is 20.6 Å². The third kappa shape index (κ3) is 4.88. The van der Waals surface area contributed by atoms with Crippen molar-refractivity contribution in [2.45, 2.75) is 0 Å². The molecule has 4 rings (SSSR count). The van der Waals surface area contributed by atoms with E-state index in [1.54, 1.807) is 42.5 Å². The van der Waals surface area contributed by atoms with E-state index < -0.39 is 4.92 Å². The zero-order valence-corrected chi connectivity index (χ0v) is 16.8. The molecular weight excluding hydrogens is 406 g/mol. The number of anilines is 4. The maximum Gasteiger partial charge on any atom is 0.337 e. The number of phenols is 1. The van der Waals surface area contributed by atoms with Gasteiger partial charge in [-0.1, -0.05) is 54.6 Å². The van der Waals surface area contributed by atoms with Crippen molar-refractivity contribution in [1.29, 1.82) is 0 Å². The molecule has 8 nitrogen and oxygen atoms in total. The number of para-hydroxylation sites is 3. The van der Waals surface area contributed by atoms with Crippen molar-refractivity contribution < 1.29 is 10.0 Å². The fourth-order valence-electron chi connectivity index (χ4n) is 3.02. The molecule has 0 aliphatic rings. The maximum absolute atomic E-state index is 12.0. The van der Waals surface area contributed by atoms with E-state index in [1.807, 2.05) is 48.5 Å². The smallest absolute Gasteiger partial charge is 0.337 e. The predicted molar refractivity (Wildman–Crippen MR) is 125 cm³/mol. The Balaban J connectivity index is 1.81. The third-order valence-electron chi connectivity index (χ3n) is 4.52. The molecule has 0 spiro atoms. The zero-order chi connectivity index (χ0) is 22.3. The Hall–Kier alpha value is -4.72. The number of aromatic nitrogens is 2. The molecule has 0 atom stereocenters. The van der Waals surface area contributed by atoms with Crippen molar-refractivity contribution in [2.24, 2.45) is 0 Å². The van der Waals surface area contributed by atoms with Crippen molar-refractivity contribution in [3.05, 3.63) is 106 Å². The molecule has 0 fully saturated rings. The topological polar surface area (TPSA) is 113 Å². The molecule has 0 aliphatic carbocycles. The summed E-state index contributed by atoms with van der Waals surface area (Å²) in [4.78, 5) is 20.2. The van der Waals surface area contributed by atoms with E-state index in [1.165, 1.54) is 6.08 Å². The van der Waals surface area contributed by atoms with Gasteiger partial charge in [-0.3, -0.25) is 10.1 Å². The van der Waals surface area contributed by atoms with Gasteiger partial charge in [-0.15, -0.1) is 0 Å². The summed E-state index contributed by atoms with van der Waals surface area (Å²) in [6, 6.07) is 25.0. The quantitative estimate of drug-likeness (QED) is 0.255. The lowest BCUT2D eigenvalue weighted by molar-refractivity contribution is -0.384. The molecule has 1 aromatic heterocycles. The predicted octanol–water partition coefficient (Wildman–Crippen LogP) is 5.75. The lowest BCUT2D eigenvalue weighted by atomic mass is 10.1. The van der Waals surface area contributed by atoms with Gasteiger partial charge in [0.05, 0.1) is 4.92 Å². The molecule has 3 aromatic carbocycles. The van der Waals surface area contributed by atoms with Crippen LogP contribution in [-0.4, -0.2) is 20.0 Å². The van der Waals surface area contributed by atoms with Crippen LogP contribution in [0.3, 0.4) is 0 Å². The Labute approximate surface area is 184 Å². The fraction of sp³-hybridized carbons (Fsp3) is 0. The van der Waals surface area contributed by atoms with Crippen LogP contribution in [0.4, 0.5) is 28.8 Å². The minimum atomic E-state index is -0.526. The zero-order valence-electron chi connectivity index (χ0n) is 16.8. The summed E-state index contributed by atoms with van der Waals surface area (Å²) in [6.07, 6.45) is 3.06. The Morgan fingerprint density at radius 2 is 1.38 bits per heavy atom. The van der Waals surface area contributed by atoms with Crippen molar-refractivity contribution in [3.8, 4) is 5.75 Å². The fourth-order valence-corrected chi connectivity index (χ4v) is 3.02. The van der Waals surface area contributed by atoms with Gasteiger partial charge in [-0.25, -0.2) is 4.98 Å². The first-order chi connectivity index (χ1) is 15.6. The molecule has 3 N–H and O–H groups in total. The number of nitrogens with one attached hydrogen (secondary N) is 2. The van der Waals surface area contributed by atoms with Gasteiger partial charge in [-0.05, 0) is 42.5 Å². The highest BCUT2D eigenvalue weighted by atomic mass is 16.6. The van der Waals surface area contributed by atoms with E-state index in [0.717, 1.165) is 5.69 Å². The molecule has 0 aliphatic heterocycles. The highest BCUT2D eigenvalue weighted by molar-refractivity contribution is 5.80. The second kappa shape index (κ2) is 9.40. The summed E-state index contributed by atoms with van der Waals surface area (Å²) in [5, 5.41) is 28.1. The normalized spacial score (nSPS) is 10.8. The van der Waals surface area contributed by atoms with Crippen LogP contribution in [0.5, 0.6) is 5.75 Å². The monoisotopic (exact) mass is 425 g/mol. The van der Waals surface area contributed by atoms with E-state index in [-0.39, 0.29) is 28.9 Å². The molecule has 0 saturated heterocycles. The summed E-state index contributed by atoms with van der Waals surface area (Å²) in [5.74, 6) is 0.300. The number of hydrogen-bond donors (Lipinski definition) is 3. The van der Waals surface area contributed by atoms with Crippen LogP contribution >= 0.6 is 0 Å². The number of nitrogens with zero attached hydrogens (tertiary/aromatic N) is 3. The Morgan fingerprint density at radius 3 is 2.00 bits per heavy atom. The lowest BCUT2D eigenvalue weighted by Gasteiger charge is -2.11. The van der Waals surface area contributed by atoms with Gasteiger partial charge in [0.25, 0.3) is 0 Å². The van der Waals surface area contributed by atoms with E-state index in [0.29, 0.717) is 11.3 Å². The second-order valence-corrected chi connectivity index (χ2v) is 6.76. The summed E-state index contributed by atoms with van der Waals surface area (Å²) < 4.78 is 0. The molecule has 0 saturated carbocycles. The standard InChI is InChI=1S/C24H19N5O3/c30-21-14-8-7-9-17(21)15-16-20-22(29(31)32)23(25-18-10-3-1-4-11-18)28-24(27-20)26-19-12-5-2-6-13-19/h1-16,30H,(H2,25,26,27,28). The minimum absolute atomic E-state index is 0.0477. The minimum Gasteiger partial charge on any atom is -0.507 e. The number of hydrogen-bond acceptors (Lipinski definition) is 7. The molecule has 0 unspecified atom stereocenters. The summed E-state index contributed by atoms with van der Waals surface area (Å²) in [6.45, 7) is 0. The van der Waals surface area contributed by atoms with Crippen LogP contribution in [0.25, 0.3) is 12.2 Å². The van der Waals surface area contributed by atoms with Gasteiger partial charge in [0.2, 0.25) is 11.8 Å². The van der Waals surface area contributed by atoms with Gasteiger partial charge >= 0.3 is 5.69 Å². The molecule has 0 radical (unpaired) electrons. The summed E-state index contributed by atoms with van der Waals surface area (Å²) in [5.41, 5.74) is 1.71. The SMILES string of the molecule is O=[N+]([O-])c1c(C=Cc2ccccc2O)nc(Nc2ccccc2)nc1Nc1ccccc1. The van der Waals surface area contributed by atoms with Crippen molar-refractivity contribution in [3.63, 3.8) is 0 Å². The number of rotatable bonds is 7. The second-order valence-electron chi connectivity index (χ2n) is 6.76. The average Bonchev–Trinajstić information content (AvgIpc) is 2.79. The molecular formula is C24H19N5O3. The number of aromatic hydroxyl groups is 1. The van der Waals surface area contributed by atoms with Gasteiger partial charge in [0.1, 0.15) is 11.4 Å². The van der Waals surface area contributed by atoms with Gasteiger partial charge in [-0.2, -0.15) is 4.98 Å². The first-order valence-electron chi connectivity index (χ1n) is 9.77. The average molecular weight is 425 g/mol. The molecule has 1 heterocycles. The third-order valence-corrected chi connectivity index (χ3v) is 4.52. The van der Waals surface area contributed by atoms with Crippen LogP contribution in [-0.2, 0) is 0 Å². The summed E-state index contributed by atoms with van der Waals surface area (Å²) >= 11 is 0. The highest BCUT2D eigenvalue weighted by Gasteiger charge is 2.24. The van der Waals surface area contributed by atoms with Gasteiger partial charge in [0, 0.05) is 16.9 Å². The van der Waals surface area contributed by atoms with Crippen LogP contribution in [0.1, 0.15) is 11.3 Å². The Bertz CT molecular complexity index is 1260. The van der Waals surface area contributed by atoms with Crippen molar-refractivity contribution >= 4 is 41.0 Å².